The van der Waals surface area contributed by atoms with Crippen LogP contribution in [-0.4, -0.2) is 43.0 Å². The molecular formula is C18H27NO2S. The van der Waals surface area contributed by atoms with Crippen LogP contribution in [0.3, 0.4) is 0 Å². The lowest BCUT2D eigenvalue weighted by Gasteiger charge is -2.33. The molecule has 0 N–H and O–H groups in total. The molecule has 0 spiro atoms. The zero-order valence-electron chi connectivity index (χ0n) is 13.7. The topological polar surface area (TPSA) is 29.5 Å². The van der Waals surface area contributed by atoms with Crippen molar-refractivity contribution in [2.45, 2.75) is 32.1 Å². The average Bonchev–Trinajstić information content (AvgIpc) is 2.58. The summed E-state index contributed by atoms with van der Waals surface area (Å²) in [6.07, 6.45) is 7.35. The van der Waals surface area contributed by atoms with E-state index < -0.39 is 0 Å². The summed E-state index contributed by atoms with van der Waals surface area (Å²) in [5.41, 5.74) is 1.32. The second-order valence-corrected chi connectivity index (χ2v) is 6.97. The monoisotopic (exact) mass is 321 g/mol. The molecule has 1 aliphatic heterocycles. The van der Waals surface area contributed by atoms with Crippen molar-refractivity contribution in [2.24, 2.45) is 5.92 Å². The van der Waals surface area contributed by atoms with Crippen LogP contribution in [-0.2, 0) is 11.2 Å². The molecule has 1 unspecified atom stereocenters. The van der Waals surface area contributed by atoms with Gasteiger partial charge in [-0.05, 0) is 55.6 Å². The molecule has 0 aromatic heterocycles. The molecule has 0 saturated carbocycles. The highest BCUT2D eigenvalue weighted by Crippen LogP contribution is 2.23. The summed E-state index contributed by atoms with van der Waals surface area (Å²) in [5.74, 6) is 2.83. The molecule has 0 radical (unpaired) electrons. The molecule has 122 valence electrons. The van der Waals surface area contributed by atoms with E-state index in [1.54, 1.807) is 18.9 Å². The molecule has 1 amide bonds. The Kier molecular flexibility index (Phi) is 7.10. The van der Waals surface area contributed by atoms with Crippen LogP contribution in [0.15, 0.2) is 24.3 Å². The molecule has 1 aromatic rings. The molecule has 2 rings (SSSR count). The fourth-order valence-corrected chi connectivity index (χ4v) is 3.45. The molecule has 4 heteroatoms. The van der Waals surface area contributed by atoms with Crippen LogP contribution < -0.4 is 4.74 Å². The number of benzene rings is 1. The number of thioether (sulfide) groups is 1. The number of methoxy groups -OCH3 is 1. The third-order valence-corrected chi connectivity index (χ3v) is 4.98. The number of likely N-dealkylation sites (tertiary alicyclic amines) is 1. The largest absolute Gasteiger partial charge is 0.497 e. The molecule has 1 aromatic carbocycles. The summed E-state index contributed by atoms with van der Waals surface area (Å²) in [4.78, 5) is 14.2. The maximum Gasteiger partial charge on any atom is 0.223 e. The predicted molar refractivity (Wildman–Crippen MR) is 93.6 cm³/mol. The van der Waals surface area contributed by atoms with Gasteiger partial charge in [0.2, 0.25) is 5.91 Å². The molecule has 0 bridgehead atoms. The smallest absolute Gasteiger partial charge is 0.223 e. The Morgan fingerprint density at radius 3 is 3.09 bits per heavy atom. The van der Waals surface area contributed by atoms with Crippen LogP contribution in [0.2, 0.25) is 0 Å². The van der Waals surface area contributed by atoms with Crippen molar-refractivity contribution in [1.29, 1.82) is 0 Å². The Hall–Kier alpha value is -1.16. The van der Waals surface area contributed by atoms with Crippen LogP contribution >= 0.6 is 11.8 Å². The SMILES string of the molecule is COc1cccc(CCC2CCCN(C(=O)CCSC)C2)c1. The molecule has 3 nitrogen and oxygen atoms in total. The number of hydrogen-bond donors (Lipinski definition) is 0. The predicted octanol–water partition coefficient (Wildman–Crippen LogP) is 3.62. The molecule has 0 aliphatic carbocycles. The highest BCUT2D eigenvalue weighted by molar-refractivity contribution is 7.98. The lowest BCUT2D eigenvalue weighted by Crippen LogP contribution is -2.40. The van der Waals surface area contributed by atoms with E-state index in [0.717, 1.165) is 43.9 Å². The van der Waals surface area contributed by atoms with Crippen molar-refractivity contribution in [3.63, 3.8) is 0 Å². The van der Waals surface area contributed by atoms with Gasteiger partial charge in [0.25, 0.3) is 0 Å². The Morgan fingerprint density at radius 2 is 2.32 bits per heavy atom. The van der Waals surface area contributed by atoms with Gasteiger partial charge >= 0.3 is 0 Å². The van der Waals surface area contributed by atoms with Crippen LogP contribution in [0.5, 0.6) is 5.75 Å². The van der Waals surface area contributed by atoms with Crippen molar-refractivity contribution in [1.82, 2.24) is 4.90 Å². The van der Waals surface area contributed by atoms with Gasteiger partial charge in [-0.25, -0.2) is 0 Å². The van der Waals surface area contributed by atoms with E-state index in [1.165, 1.54) is 12.0 Å². The minimum absolute atomic E-state index is 0.334. The number of ether oxygens (including phenoxy) is 1. The third kappa shape index (κ3) is 5.24. The number of carbonyl (C=O) groups excluding carboxylic acids is 1. The van der Waals surface area contributed by atoms with Crippen molar-refractivity contribution in [3.8, 4) is 5.75 Å². The van der Waals surface area contributed by atoms with Gasteiger partial charge in [0.15, 0.2) is 0 Å². The van der Waals surface area contributed by atoms with Crippen LogP contribution in [0.1, 0.15) is 31.2 Å². The minimum Gasteiger partial charge on any atom is -0.497 e. The summed E-state index contributed by atoms with van der Waals surface area (Å²) < 4.78 is 5.28. The highest BCUT2D eigenvalue weighted by Gasteiger charge is 2.23. The van der Waals surface area contributed by atoms with Gasteiger partial charge in [-0.1, -0.05) is 12.1 Å². The maximum absolute atomic E-state index is 12.2. The van der Waals surface area contributed by atoms with E-state index in [2.05, 4.69) is 23.3 Å². The van der Waals surface area contributed by atoms with Crippen molar-refractivity contribution in [2.75, 3.05) is 32.2 Å². The van der Waals surface area contributed by atoms with Crippen LogP contribution in [0, 0.1) is 5.92 Å². The number of amides is 1. The summed E-state index contributed by atoms with van der Waals surface area (Å²) >= 11 is 1.75. The van der Waals surface area contributed by atoms with E-state index in [9.17, 15) is 4.79 Å². The number of piperidine rings is 1. The number of aryl methyl sites for hydroxylation is 1. The first-order valence-electron chi connectivity index (χ1n) is 8.12. The number of hydrogen-bond acceptors (Lipinski definition) is 3. The Labute approximate surface area is 138 Å². The highest BCUT2D eigenvalue weighted by atomic mass is 32.2. The van der Waals surface area contributed by atoms with E-state index in [-0.39, 0.29) is 0 Å². The molecule has 1 heterocycles. The van der Waals surface area contributed by atoms with E-state index >= 15 is 0 Å². The first kappa shape index (κ1) is 17.2. The molecule has 22 heavy (non-hydrogen) atoms. The van der Waals surface area contributed by atoms with Gasteiger partial charge < -0.3 is 9.64 Å². The first-order valence-corrected chi connectivity index (χ1v) is 9.52. The normalized spacial score (nSPS) is 18.3. The summed E-state index contributed by atoms with van der Waals surface area (Å²) in [6, 6.07) is 8.31. The lowest BCUT2D eigenvalue weighted by atomic mass is 9.91. The van der Waals surface area contributed by atoms with Crippen LogP contribution in [0.4, 0.5) is 0 Å². The quantitative estimate of drug-likeness (QED) is 0.768. The first-order chi connectivity index (χ1) is 10.7. The number of carbonyl (C=O) groups is 1. The molecule has 1 aliphatic rings. The third-order valence-electron chi connectivity index (χ3n) is 4.37. The summed E-state index contributed by atoms with van der Waals surface area (Å²) in [7, 11) is 1.71. The number of rotatable bonds is 7. The number of nitrogens with zero attached hydrogens (tertiary/aromatic N) is 1. The Balaban J connectivity index is 1.81. The van der Waals surface area contributed by atoms with Crippen molar-refractivity contribution < 1.29 is 9.53 Å². The van der Waals surface area contributed by atoms with Gasteiger partial charge in [-0.3, -0.25) is 4.79 Å². The molecule has 1 saturated heterocycles. The van der Waals surface area contributed by atoms with E-state index in [1.807, 2.05) is 12.1 Å². The fourth-order valence-electron chi connectivity index (χ4n) is 3.07. The maximum atomic E-state index is 12.2. The second-order valence-electron chi connectivity index (χ2n) is 5.98. The van der Waals surface area contributed by atoms with Gasteiger partial charge in [0.05, 0.1) is 7.11 Å². The summed E-state index contributed by atoms with van der Waals surface area (Å²) in [5, 5.41) is 0. The van der Waals surface area contributed by atoms with Gasteiger partial charge in [0.1, 0.15) is 5.75 Å². The minimum atomic E-state index is 0.334. The van der Waals surface area contributed by atoms with Gasteiger partial charge in [0, 0.05) is 25.3 Å². The van der Waals surface area contributed by atoms with E-state index in [4.69, 9.17) is 4.74 Å². The van der Waals surface area contributed by atoms with E-state index in [0.29, 0.717) is 18.2 Å². The second kappa shape index (κ2) is 9.09. The average molecular weight is 321 g/mol. The van der Waals surface area contributed by atoms with Gasteiger partial charge in [-0.2, -0.15) is 11.8 Å². The zero-order chi connectivity index (χ0) is 15.8. The molecule has 1 atom stereocenters. The Morgan fingerprint density at radius 1 is 1.45 bits per heavy atom. The standard InChI is InChI=1S/C18H27NO2S/c1-21-17-7-3-5-15(13-17)8-9-16-6-4-11-19(14-16)18(20)10-12-22-2/h3,5,7,13,16H,4,6,8-12,14H2,1-2H3. The van der Waals surface area contributed by atoms with Crippen molar-refractivity contribution >= 4 is 17.7 Å². The fraction of sp³-hybridized carbons (Fsp3) is 0.611. The summed E-state index contributed by atoms with van der Waals surface area (Å²) in [6.45, 7) is 1.89. The van der Waals surface area contributed by atoms with Crippen molar-refractivity contribution in [3.05, 3.63) is 29.8 Å². The molecular weight excluding hydrogens is 294 g/mol. The lowest BCUT2D eigenvalue weighted by molar-refractivity contribution is -0.132. The van der Waals surface area contributed by atoms with Crippen LogP contribution in [0.25, 0.3) is 0 Å². The van der Waals surface area contributed by atoms with Gasteiger partial charge in [-0.15, -0.1) is 0 Å². The molecule has 1 fully saturated rings. The zero-order valence-corrected chi connectivity index (χ0v) is 14.5. The Bertz CT molecular complexity index is 478.